The van der Waals surface area contributed by atoms with E-state index in [1.165, 1.54) is 0 Å². The summed E-state index contributed by atoms with van der Waals surface area (Å²) in [6.45, 7) is 3.76. The Morgan fingerprint density at radius 3 is 2.81 bits per heavy atom. The number of carboxylic acids is 1. The molecular weight excluding hydrogens is 268 g/mol. The van der Waals surface area contributed by atoms with Gasteiger partial charge < -0.3 is 15.4 Å². The van der Waals surface area contributed by atoms with Gasteiger partial charge in [0.1, 0.15) is 0 Å². The topological polar surface area (TPSA) is 82.2 Å². The van der Waals surface area contributed by atoms with Gasteiger partial charge in [-0.25, -0.2) is 0 Å². The van der Waals surface area contributed by atoms with E-state index in [-0.39, 0.29) is 18.0 Å². The number of aryl methyl sites for hydroxylation is 1. The summed E-state index contributed by atoms with van der Waals surface area (Å²) in [5, 5.41) is 12.3. The molecule has 0 saturated carbocycles. The van der Waals surface area contributed by atoms with E-state index in [9.17, 15) is 9.59 Å². The van der Waals surface area contributed by atoms with Crippen molar-refractivity contribution in [3.05, 3.63) is 45.7 Å². The second-order valence-corrected chi connectivity index (χ2v) is 5.32. The number of nitrogens with one attached hydrogen (secondary N) is 2. The number of para-hydroxylation sites is 1. The predicted octanol–water partition coefficient (Wildman–Crippen LogP) is 1.83. The summed E-state index contributed by atoms with van der Waals surface area (Å²) in [6, 6.07) is 7.52. The summed E-state index contributed by atoms with van der Waals surface area (Å²) < 4.78 is 0. The van der Waals surface area contributed by atoms with Crippen LogP contribution >= 0.6 is 0 Å². The largest absolute Gasteiger partial charge is 0.480 e. The molecule has 0 spiro atoms. The number of rotatable bonds is 6. The Hall–Kier alpha value is -2.14. The number of carboxylic acid groups (broad SMARTS) is 1. The molecule has 0 saturated heterocycles. The molecule has 0 aliphatic rings. The Morgan fingerprint density at radius 2 is 2.10 bits per heavy atom. The van der Waals surface area contributed by atoms with Crippen LogP contribution in [0.15, 0.2) is 29.1 Å². The highest BCUT2D eigenvalue weighted by Crippen LogP contribution is 2.12. The molecule has 0 amide bonds. The molecule has 1 aromatic heterocycles. The predicted molar refractivity (Wildman–Crippen MR) is 82.7 cm³/mol. The number of fused-ring (bicyclic) bond motifs is 1. The van der Waals surface area contributed by atoms with Gasteiger partial charge in [0.2, 0.25) is 0 Å². The van der Waals surface area contributed by atoms with E-state index in [1.807, 2.05) is 38.1 Å². The van der Waals surface area contributed by atoms with Crippen LogP contribution in [0, 0.1) is 6.92 Å². The van der Waals surface area contributed by atoms with E-state index in [0.29, 0.717) is 11.8 Å². The van der Waals surface area contributed by atoms with Crippen molar-refractivity contribution in [1.29, 1.82) is 0 Å². The molecule has 0 aliphatic carbocycles. The lowest BCUT2D eigenvalue weighted by Crippen LogP contribution is -2.32. The monoisotopic (exact) mass is 288 g/mol. The minimum absolute atomic E-state index is 0.0476. The SMILES string of the molecule is Cc1[nH]c2ccccc2c(=O)c1CC[C@@H](C)NCC(=O)O. The zero-order valence-electron chi connectivity index (χ0n) is 12.3. The van der Waals surface area contributed by atoms with Crippen LogP contribution in [-0.2, 0) is 11.2 Å². The summed E-state index contributed by atoms with van der Waals surface area (Å²) in [5.74, 6) is -0.874. The van der Waals surface area contributed by atoms with E-state index >= 15 is 0 Å². The zero-order valence-corrected chi connectivity index (χ0v) is 12.3. The minimum Gasteiger partial charge on any atom is -0.480 e. The first-order chi connectivity index (χ1) is 9.99. The Kier molecular flexibility index (Phi) is 4.75. The van der Waals surface area contributed by atoms with E-state index in [4.69, 9.17) is 5.11 Å². The molecule has 0 radical (unpaired) electrons. The third kappa shape index (κ3) is 3.70. The summed E-state index contributed by atoms with van der Waals surface area (Å²) in [5.41, 5.74) is 2.56. The fraction of sp³-hybridized carbons (Fsp3) is 0.375. The number of carbonyl (C=O) groups is 1. The van der Waals surface area contributed by atoms with Crippen LogP contribution in [0.25, 0.3) is 10.9 Å². The molecule has 1 atom stereocenters. The van der Waals surface area contributed by atoms with Gasteiger partial charge in [0, 0.05) is 28.2 Å². The summed E-state index contributed by atoms with van der Waals surface area (Å²) in [7, 11) is 0. The normalized spacial score (nSPS) is 12.5. The van der Waals surface area contributed by atoms with Crippen molar-refractivity contribution >= 4 is 16.9 Å². The molecule has 1 aromatic carbocycles. The van der Waals surface area contributed by atoms with Crippen molar-refractivity contribution in [2.75, 3.05) is 6.54 Å². The van der Waals surface area contributed by atoms with Gasteiger partial charge in [0.25, 0.3) is 0 Å². The maximum absolute atomic E-state index is 12.5. The molecule has 5 heteroatoms. The number of benzene rings is 1. The van der Waals surface area contributed by atoms with Gasteiger partial charge in [-0.1, -0.05) is 12.1 Å². The molecule has 0 fully saturated rings. The van der Waals surface area contributed by atoms with Crippen LogP contribution in [0.5, 0.6) is 0 Å². The van der Waals surface area contributed by atoms with Gasteiger partial charge in [-0.05, 0) is 38.8 Å². The first kappa shape index (κ1) is 15.3. The molecule has 0 bridgehead atoms. The number of aromatic amines is 1. The molecule has 21 heavy (non-hydrogen) atoms. The van der Waals surface area contributed by atoms with Crippen molar-refractivity contribution in [3.63, 3.8) is 0 Å². The highest BCUT2D eigenvalue weighted by atomic mass is 16.4. The van der Waals surface area contributed by atoms with Crippen molar-refractivity contribution in [3.8, 4) is 0 Å². The maximum atomic E-state index is 12.5. The average molecular weight is 288 g/mol. The highest BCUT2D eigenvalue weighted by Gasteiger charge is 2.11. The molecule has 1 heterocycles. The van der Waals surface area contributed by atoms with Gasteiger partial charge >= 0.3 is 5.97 Å². The number of pyridine rings is 1. The third-order valence-electron chi connectivity index (χ3n) is 3.65. The van der Waals surface area contributed by atoms with Crippen molar-refractivity contribution in [2.24, 2.45) is 0 Å². The highest BCUT2D eigenvalue weighted by molar-refractivity contribution is 5.79. The summed E-state index contributed by atoms with van der Waals surface area (Å²) in [6.07, 6.45) is 1.34. The summed E-state index contributed by atoms with van der Waals surface area (Å²) in [4.78, 5) is 26.3. The fourth-order valence-electron chi connectivity index (χ4n) is 2.43. The maximum Gasteiger partial charge on any atom is 0.317 e. The number of hydrogen-bond donors (Lipinski definition) is 3. The molecule has 3 N–H and O–H groups in total. The first-order valence-corrected chi connectivity index (χ1v) is 7.04. The van der Waals surface area contributed by atoms with Gasteiger partial charge in [0.15, 0.2) is 5.43 Å². The van der Waals surface area contributed by atoms with Gasteiger partial charge in [-0.2, -0.15) is 0 Å². The van der Waals surface area contributed by atoms with Crippen LogP contribution in [-0.4, -0.2) is 28.6 Å². The van der Waals surface area contributed by atoms with Crippen molar-refractivity contribution in [1.82, 2.24) is 10.3 Å². The van der Waals surface area contributed by atoms with Crippen molar-refractivity contribution in [2.45, 2.75) is 32.7 Å². The molecule has 112 valence electrons. The standard InChI is InChI=1S/C16H20N2O3/c1-10(17-9-15(19)20)7-8-12-11(2)18-14-6-4-3-5-13(14)16(12)21/h3-6,10,17H,7-9H2,1-2H3,(H,18,21)(H,19,20)/t10-/m1/s1. The molecular formula is C16H20N2O3. The Labute approximate surface area is 123 Å². The second kappa shape index (κ2) is 6.54. The molecule has 2 rings (SSSR count). The van der Waals surface area contributed by atoms with Crippen LogP contribution in [0.3, 0.4) is 0 Å². The van der Waals surface area contributed by atoms with Gasteiger partial charge in [-0.3, -0.25) is 9.59 Å². The Morgan fingerprint density at radius 1 is 1.38 bits per heavy atom. The third-order valence-corrected chi connectivity index (χ3v) is 3.65. The molecule has 0 aliphatic heterocycles. The molecule has 5 nitrogen and oxygen atoms in total. The summed E-state index contributed by atoms with van der Waals surface area (Å²) >= 11 is 0. The van der Waals surface area contributed by atoms with Crippen LogP contribution in [0.2, 0.25) is 0 Å². The van der Waals surface area contributed by atoms with Crippen LogP contribution in [0.4, 0.5) is 0 Å². The first-order valence-electron chi connectivity index (χ1n) is 7.04. The minimum atomic E-state index is -0.874. The molecule has 2 aromatic rings. The van der Waals surface area contributed by atoms with Gasteiger partial charge in [0.05, 0.1) is 6.54 Å². The van der Waals surface area contributed by atoms with Gasteiger partial charge in [-0.15, -0.1) is 0 Å². The molecule has 0 unspecified atom stereocenters. The quantitative estimate of drug-likeness (QED) is 0.757. The number of aromatic nitrogens is 1. The lowest BCUT2D eigenvalue weighted by molar-refractivity contribution is -0.136. The smallest absolute Gasteiger partial charge is 0.317 e. The number of H-pyrrole nitrogens is 1. The zero-order chi connectivity index (χ0) is 15.4. The lowest BCUT2D eigenvalue weighted by atomic mass is 10.0. The van der Waals surface area contributed by atoms with Crippen LogP contribution < -0.4 is 10.7 Å². The van der Waals surface area contributed by atoms with Crippen molar-refractivity contribution < 1.29 is 9.90 Å². The van der Waals surface area contributed by atoms with Crippen LogP contribution in [0.1, 0.15) is 24.6 Å². The Balaban J connectivity index is 2.15. The Bertz CT molecular complexity index is 706. The number of aliphatic carboxylic acids is 1. The number of hydrogen-bond acceptors (Lipinski definition) is 3. The fourth-order valence-corrected chi connectivity index (χ4v) is 2.43. The average Bonchev–Trinajstić information content (AvgIpc) is 2.45. The van der Waals surface area contributed by atoms with E-state index in [1.54, 1.807) is 0 Å². The van der Waals surface area contributed by atoms with E-state index in [0.717, 1.165) is 23.2 Å². The van der Waals surface area contributed by atoms with E-state index < -0.39 is 5.97 Å². The lowest BCUT2D eigenvalue weighted by Gasteiger charge is -2.13. The van der Waals surface area contributed by atoms with E-state index in [2.05, 4.69) is 10.3 Å². The second-order valence-electron chi connectivity index (χ2n) is 5.32.